The monoisotopic (exact) mass is 414 g/mol. The van der Waals surface area contributed by atoms with Crippen LogP contribution in [0.3, 0.4) is 0 Å². The van der Waals surface area contributed by atoms with Gasteiger partial charge in [0.2, 0.25) is 0 Å². The second-order valence-corrected chi connectivity index (χ2v) is 7.23. The van der Waals surface area contributed by atoms with Crippen LogP contribution >= 0.6 is 0 Å². The van der Waals surface area contributed by atoms with Crippen LogP contribution < -0.4 is 20.9 Å². The van der Waals surface area contributed by atoms with Crippen LogP contribution in [-0.4, -0.2) is 30.0 Å². The van der Waals surface area contributed by atoms with Gasteiger partial charge < -0.3 is 14.6 Å². The Hall–Kier alpha value is -4.13. The highest BCUT2D eigenvalue weighted by Crippen LogP contribution is 2.25. The molecule has 0 unspecified atom stereocenters. The van der Waals surface area contributed by atoms with E-state index in [1.807, 2.05) is 67.5 Å². The highest BCUT2D eigenvalue weighted by atomic mass is 16.5. The van der Waals surface area contributed by atoms with Crippen molar-refractivity contribution in [1.82, 2.24) is 9.66 Å². The fourth-order valence-electron chi connectivity index (χ4n) is 3.15. The number of para-hydroxylation sites is 1. The zero-order valence-corrected chi connectivity index (χ0v) is 17.3. The quantitative estimate of drug-likeness (QED) is 0.492. The molecule has 1 aromatic heterocycles. The van der Waals surface area contributed by atoms with Crippen molar-refractivity contribution < 1.29 is 4.74 Å². The summed E-state index contributed by atoms with van der Waals surface area (Å²) in [5, 5.41) is 4.55. The molecule has 4 rings (SSSR count). The molecule has 4 aromatic rings. The van der Waals surface area contributed by atoms with Gasteiger partial charge in [-0.2, -0.15) is 5.10 Å². The first-order valence-electron chi connectivity index (χ1n) is 9.79. The number of rotatable bonds is 6. The Morgan fingerprint density at radius 2 is 1.74 bits per heavy atom. The smallest absolute Gasteiger partial charge is 0.349 e. The largest absolute Gasteiger partial charge is 0.488 e. The van der Waals surface area contributed by atoms with Crippen molar-refractivity contribution in [2.24, 2.45) is 5.10 Å². The van der Waals surface area contributed by atoms with Crippen molar-refractivity contribution in [3.63, 3.8) is 0 Å². The molecule has 0 atom stereocenters. The molecule has 31 heavy (non-hydrogen) atoms. The minimum absolute atomic E-state index is 0.384. The number of aromatic amines is 1. The van der Waals surface area contributed by atoms with Crippen LogP contribution in [0.15, 0.2) is 87.5 Å². The molecule has 0 aliphatic rings. The van der Waals surface area contributed by atoms with E-state index in [4.69, 9.17) is 4.74 Å². The van der Waals surface area contributed by atoms with E-state index in [1.54, 1.807) is 24.3 Å². The number of ether oxygens (including phenoxy) is 1. The Labute approximate surface area is 178 Å². The maximum Gasteiger partial charge on any atom is 0.349 e. The fourth-order valence-corrected chi connectivity index (χ4v) is 3.15. The Bertz CT molecular complexity index is 1350. The topological polar surface area (TPSA) is 79.7 Å². The number of hydrogen-bond donors (Lipinski definition) is 1. The lowest BCUT2D eigenvalue weighted by Crippen LogP contribution is -2.32. The summed E-state index contributed by atoms with van der Waals surface area (Å²) in [5.74, 6) is 0.601. The van der Waals surface area contributed by atoms with Crippen LogP contribution in [0.5, 0.6) is 5.75 Å². The number of fused-ring (bicyclic) bond motifs is 1. The first kappa shape index (κ1) is 20.2. The number of anilines is 1. The van der Waals surface area contributed by atoms with E-state index in [9.17, 15) is 9.59 Å². The van der Waals surface area contributed by atoms with Gasteiger partial charge >= 0.3 is 5.69 Å². The minimum Gasteiger partial charge on any atom is -0.488 e. The standard InChI is InChI=1S/C24H22N4O3/c1-27(2)19-13-12-18(22(14-19)31-16-17-8-4-3-5-9-17)15-25-28-23(29)20-10-6-7-11-21(20)26-24(28)30/h3-15H,16H2,1-2H3,(H,26,30). The van der Waals surface area contributed by atoms with Crippen LogP contribution in [0, 0.1) is 0 Å². The zero-order valence-electron chi connectivity index (χ0n) is 17.3. The van der Waals surface area contributed by atoms with Gasteiger partial charge in [0.25, 0.3) is 5.56 Å². The number of nitrogens with zero attached hydrogens (tertiary/aromatic N) is 3. The van der Waals surface area contributed by atoms with Crippen molar-refractivity contribution in [2.45, 2.75) is 6.61 Å². The summed E-state index contributed by atoms with van der Waals surface area (Å²) in [6.45, 7) is 0.384. The van der Waals surface area contributed by atoms with Crippen molar-refractivity contribution in [1.29, 1.82) is 0 Å². The van der Waals surface area contributed by atoms with E-state index >= 15 is 0 Å². The van der Waals surface area contributed by atoms with E-state index < -0.39 is 11.2 Å². The molecule has 0 radical (unpaired) electrons. The Morgan fingerprint density at radius 1 is 1.00 bits per heavy atom. The summed E-state index contributed by atoms with van der Waals surface area (Å²) < 4.78 is 6.86. The van der Waals surface area contributed by atoms with Gasteiger partial charge in [-0.05, 0) is 29.8 Å². The number of nitrogens with one attached hydrogen (secondary N) is 1. The molecule has 3 aromatic carbocycles. The lowest BCUT2D eigenvalue weighted by molar-refractivity contribution is 0.306. The lowest BCUT2D eigenvalue weighted by Gasteiger charge is -2.16. The second kappa shape index (κ2) is 8.71. The maximum absolute atomic E-state index is 12.7. The Kier molecular flexibility index (Phi) is 5.66. The van der Waals surface area contributed by atoms with Crippen LogP contribution in [-0.2, 0) is 6.61 Å². The second-order valence-electron chi connectivity index (χ2n) is 7.23. The van der Waals surface area contributed by atoms with Crippen molar-refractivity contribution >= 4 is 22.8 Å². The van der Waals surface area contributed by atoms with Gasteiger partial charge in [-0.1, -0.05) is 42.5 Å². The minimum atomic E-state index is -0.600. The summed E-state index contributed by atoms with van der Waals surface area (Å²) in [5.41, 5.74) is 2.04. The average molecular weight is 414 g/mol. The molecular formula is C24H22N4O3. The summed E-state index contributed by atoms with van der Waals surface area (Å²) in [4.78, 5) is 29.7. The van der Waals surface area contributed by atoms with E-state index in [-0.39, 0.29) is 0 Å². The van der Waals surface area contributed by atoms with Gasteiger partial charge in [0.05, 0.1) is 17.1 Å². The zero-order chi connectivity index (χ0) is 21.8. The first-order valence-corrected chi connectivity index (χ1v) is 9.79. The molecule has 156 valence electrons. The number of aromatic nitrogens is 2. The molecule has 0 saturated carbocycles. The lowest BCUT2D eigenvalue weighted by atomic mass is 10.2. The third-order valence-electron chi connectivity index (χ3n) is 4.85. The number of hydrogen-bond acceptors (Lipinski definition) is 5. The Morgan fingerprint density at radius 3 is 2.52 bits per heavy atom. The summed E-state index contributed by atoms with van der Waals surface area (Å²) in [6, 6.07) is 22.3. The highest BCUT2D eigenvalue weighted by molar-refractivity contribution is 5.85. The first-order chi connectivity index (χ1) is 15.0. The molecule has 1 N–H and O–H groups in total. The van der Waals surface area contributed by atoms with E-state index in [0.717, 1.165) is 15.9 Å². The molecular weight excluding hydrogens is 392 g/mol. The van der Waals surface area contributed by atoms with Gasteiger partial charge in [0.1, 0.15) is 12.4 Å². The molecule has 7 nitrogen and oxygen atoms in total. The van der Waals surface area contributed by atoms with Gasteiger partial charge in [-0.3, -0.25) is 4.79 Å². The highest BCUT2D eigenvalue weighted by Gasteiger charge is 2.09. The molecule has 0 amide bonds. The summed E-state index contributed by atoms with van der Waals surface area (Å²) in [6.07, 6.45) is 1.46. The molecule has 1 heterocycles. The van der Waals surface area contributed by atoms with Crippen molar-refractivity contribution in [3.8, 4) is 5.75 Å². The normalized spacial score (nSPS) is 11.2. The van der Waals surface area contributed by atoms with E-state index in [0.29, 0.717) is 28.8 Å². The third kappa shape index (κ3) is 4.40. The van der Waals surface area contributed by atoms with E-state index in [1.165, 1.54) is 6.21 Å². The average Bonchev–Trinajstić information content (AvgIpc) is 2.78. The molecule has 7 heteroatoms. The molecule has 0 aliphatic carbocycles. The van der Waals surface area contributed by atoms with Crippen LogP contribution in [0.25, 0.3) is 10.9 Å². The predicted octanol–water partition coefficient (Wildman–Crippen LogP) is 3.22. The van der Waals surface area contributed by atoms with Gasteiger partial charge in [0.15, 0.2) is 0 Å². The molecule has 0 fully saturated rings. The molecule has 0 bridgehead atoms. The SMILES string of the molecule is CN(C)c1ccc(C=Nn2c(=O)[nH]c3ccccc3c2=O)c(OCc2ccccc2)c1. The summed E-state index contributed by atoms with van der Waals surface area (Å²) >= 11 is 0. The van der Waals surface area contributed by atoms with Gasteiger partial charge in [-0.15, -0.1) is 4.68 Å². The predicted molar refractivity (Wildman–Crippen MR) is 123 cm³/mol. The van der Waals surface area contributed by atoms with Gasteiger partial charge in [0, 0.05) is 31.4 Å². The molecule has 0 spiro atoms. The van der Waals surface area contributed by atoms with Crippen LogP contribution in [0.4, 0.5) is 5.69 Å². The number of benzene rings is 3. The van der Waals surface area contributed by atoms with Crippen molar-refractivity contribution in [2.75, 3.05) is 19.0 Å². The van der Waals surface area contributed by atoms with Crippen LogP contribution in [0.1, 0.15) is 11.1 Å². The molecule has 0 saturated heterocycles. The molecule has 0 aliphatic heterocycles. The van der Waals surface area contributed by atoms with Crippen LogP contribution in [0.2, 0.25) is 0 Å². The van der Waals surface area contributed by atoms with Crippen molar-refractivity contribution in [3.05, 3.63) is 105 Å². The van der Waals surface area contributed by atoms with Gasteiger partial charge in [-0.25, -0.2) is 4.79 Å². The Balaban J connectivity index is 1.71. The third-order valence-corrected chi connectivity index (χ3v) is 4.85. The maximum atomic E-state index is 12.7. The summed E-state index contributed by atoms with van der Waals surface area (Å²) in [7, 11) is 3.89. The fraction of sp³-hybridized carbons (Fsp3) is 0.125. The van der Waals surface area contributed by atoms with E-state index in [2.05, 4.69) is 10.1 Å². The number of H-pyrrole nitrogens is 1.